The molecule has 2 aromatic rings. The molecule has 0 heterocycles. The first kappa shape index (κ1) is 19.3. The molecule has 144 valence electrons. The average Bonchev–Trinajstić information content (AvgIpc) is 3.50. The topological polar surface area (TPSA) is 102 Å². The average molecular weight is 380 g/mol. The number of carbonyl (C=O) groups is 4. The van der Waals surface area contributed by atoms with Gasteiger partial charge in [-0.1, -0.05) is 12.1 Å². The monoisotopic (exact) mass is 380 g/mol. The predicted octanol–water partition coefficient (Wildman–Crippen LogP) is 3.03. The van der Waals surface area contributed by atoms with Crippen LogP contribution in [-0.4, -0.2) is 30.7 Å². The van der Waals surface area contributed by atoms with Crippen LogP contribution in [0.2, 0.25) is 0 Å². The molecule has 7 nitrogen and oxygen atoms in total. The molecule has 0 aromatic heterocycles. The Bertz CT molecular complexity index is 946. The Balaban J connectivity index is 1.73. The van der Waals surface area contributed by atoms with Crippen LogP contribution in [0, 0.1) is 5.41 Å². The molecule has 0 unspecified atom stereocenters. The molecule has 0 bridgehead atoms. The number of amides is 2. The maximum Gasteiger partial charge on any atom is 0.339 e. The Hall–Kier alpha value is -3.48. The summed E-state index contributed by atoms with van der Waals surface area (Å²) in [5, 5.41) is 5.40. The van der Waals surface area contributed by atoms with Gasteiger partial charge in [0.05, 0.1) is 18.4 Å². The van der Waals surface area contributed by atoms with Crippen LogP contribution >= 0.6 is 0 Å². The highest BCUT2D eigenvalue weighted by atomic mass is 16.5. The number of anilines is 2. The fourth-order valence-corrected chi connectivity index (χ4v) is 2.84. The molecule has 7 heteroatoms. The zero-order valence-electron chi connectivity index (χ0n) is 15.6. The van der Waals surface area contributed by atoms with Crippen molar-refractivity contribution in [1.82, 2.24) is 0 Å². The Kier molecular flexibility index (Phi) is 5.26. The van der Waals surface area contributed by atoms with Crippen molar-refractivity contribution < 1.29 is 23.9 Å². The minimum Gasteiger partial charge on any atom is -0.465 e. The van der Waals surface area contributed by atoms with Gasteiger partial charge < -0.3 is 15.4 Å². The summed E-state index contributed by atoms with van der Waals surface area (Å²) < 4.78 is 4.72. The van der Waals surface area contributed by atoms with Gasteiger partial charge in [-0.2, -0.15) is 0 Å². The van der Waals surface area contributed by atoms with E-state index in [1.54, 1.807) is 42.5 Å². The molecular weight excluding hydrogens is 360 g/mol. The minimum atomic E-state index is -1.18. The van der Waals surface area contributed by atoms with Crippen LogP contribution in [0.25, 0.3) is 0 Å². The Morgan fingerprint density at radius 2 is 1.50 bits per heavy atom. The summed E-state index contributed by atoms with van der Waals surface area (Å²) in [6.45, 7) is 1.46. The van der Waals surface area contributed by atoms with E-state index in [4.69, 9.17) is 4.74 Å². The number of methoxy groups -OCH3 is 1. The van der Waals surface area contributed by atoms with Crippen LogP contribution < -0.4 is 10.6 Å². The van der Waals surface area contributed by atoms with Crippen LogP contribution in [0.3, 0.4) is 0 Å². The number of rotatable bonds is 6. The molecule has 0 spiro atoms. The van der Waals surface area contributed by atoms with Crippen molar-refractivity contribution in [3.05, 3.63) is 59.7 Å². The maximum absolute atomic E-state index is 12.8. The van der Waals surface area contributed by atoms with Gasteiger partial charge in [-0.15, -0.1) is 0 Å². The van der Waals surface area contributed by atoms with Crippen molar-refractivity contribution in [2.45, 2.75) is 19.8 Å². The lowest BCUT2D eigenvalue weighted by Gasteiger charge is -2.17. The second-order valence-corrected chi connectivity index (χ2v) is 6.66. The standard InChI is InChI=1S/C21H20N2O5/c1-13(24)14-7-9-15(10-8-14)22-19(26)21(11-12-21)20(27)23-17-6-4-3-5-16(17)18(25)28-2/h3-10H,11-12H2,1-2H3,(H,22,26)(H,23,27). The molecule has 28 heavy (non-hydrogen) atoms. The smallest absolute Gasteiger partial charge is 0.339 e. The second kappa shape index (κ2) is 7.64. The van der Waals surface area contributed by atoms with Gasteiger partial charge in [0.25, 0.3) is 0 Å². The van der Waals surface area contributed by atoms with E-state index in [9.17, 15) is 19.2 Å². The van der Waals surface area contributed by atoms with Crippen LogP contribution in [0.1, 0.15) is 40.5 Å². The summed E-state index contributed by atoms with van der Waals surface area (Å²) in [7, 11) is 1.26. The van der Waals surface area contributed by atoms with E-state index in [0.717, 1.165) is 0 Å². The maximum atomic E-state index is 12.8. The second-order valence-electron chi connectivity index (χ2n) is 6.66. The van der Waals surface area contributed by atoms with Crippen molar-refractivity contribution in [2.75, 3.05) is 17.7 Å². The van der Waals surface area contributed by atoms with Crippen molar-refractivity contribution in [2.24, 2.45) is 5.41 Å². The summed E-state index contributed by atoms with van der Waals surface area (Å²) in [4.78, 5) is 48.6. The number of esters is 1. The van der Waals surface area contributed by atoms with Gasteiger partial charge in [0.1, 0.15) is 5.41 Å². The number of para-hydroxylation sites is 1. The Labute approximate surface area is 162 Å². The minimum absolute atomic E-state index is 0.0693. The van der Waals surface area contributed by atoms with Gasteiger partial charge in [0.15, 0.2) is 5.78 Å². The fourth-order valence-electron chi connectivity index (χ4n) is 2.84. The third-order valence-electron chi connectivity index (χ3n) is 4.75. The quantitative estimate of drug-likeness (QED) is 0.456. The molecule has 0 atom stereocenters. The highest BCUT2D eigenvalue weighted by molar-refractivity contribution is 6.17. The van der Waals surface area contributed by atoms with Gasteiger partial charge in [-0.3, -0.25) is 14.4 Å². The van der Waals surface area contributed by atoms with Gasteiger partial charge >= 0.3 is 5.97 Å². The SMILES string of the molecule is COC(=O)c1ccccc1NC(=O)C1(C(=O)Nc2ccc(C(C)=O)cc2)CC1. The lowest BCUT2D eigenvalue weighted by atomic mass is 10.0. The van der Waals surface area contributed by atoms with E-state index in [1.165, 1.54) is 20.1 Å². The Morgan fingerprint density at radius 1 is 0.893 bits per heavy atom. The highest BCUT2D eigenvalue weighted by Crippen LogP contribution is 2.47. The van der Waals surface area contributed by atoms with E-state index < -0.39 is 23.2 Å². The number of nitrogens with one attached hydrogen (secondary N) is 2. The lowest BCUT2D eigenvalue weighted by molar-refractivity contribution is -0.131. The van der Waals surface area contributed by atoms with E-state index in [0.29, 0.717) is 29.8 Å². The third-order valence-corrected chi connectivity index (χ3v) is 4.75. The largest absolute Gasteiger partial charge is 0.465 e. The van der Waals surface area contributed by atoms with Gasteiger partial charge in [-0.05, 0) is 56.2 Å². The Morgan fingerprint density at radius 3 is 2.07 bits per heavy atom. The summed E-state index contributed by atoms with van der Waals surface area (Å²) in [6.07, 6.45) is 0.827. The van der Waals surface area contributed by atoms with Crippen LogP contribution in [0.4, 0.5) is 11.4 Å². The molecule has 2 aromatic carbocycles. The number of hydrogen-bond donors (Lipinski definition) is 2. The van der Waals surface area contributed by atoms with E-state index in [1.807, 2.05) is 0 Å². The molecule has 1 aliphatic carbocycles. The third kappa shape index (κ3) is 3.78. The van der Waals surface area contributed by atoms with Gasteiger partial charge in [0.2, 0.25) is 11.8 Å². The van der Waals surface area contributed by atoms with Crippen LogP contribution in [0.5, 0.6) is 0 Å². The molecular formula is C21H20N2O5. The van der Waals surface area contributed by atoms with Crippen molar-refractivity contribution in [3.8, 4) is 0 Å². The molecule has 1 fully saturated rings. The van der Waals surface area contributed by atoms with Crippen LogP contribution in [0.15, 0.2) is 48.5 Å². The number of hydrogen-bond acceptors (Lipinski definition) is 5. The lowest BCUT2D eigenvalue weighted by Crippen LogP contribution is -2.36. The molecule has 2 amide bonds. The predicted molar refractivity (Wildman–Crippen MR) is 103 cm³/mol. The van der Waals surface area contributed by atoms with E-state index in [-0.39, 0.29) is 11.3 Å². The summed E-state index contributed by atoms with van der Waals surface area (Å²) >= 11 is 0. The highest BCUT2D eigenvalue weighted by Gasteiger charge is 2.56. The first-order chi connectivity index (χ1) is 13.4. The summed E-state index contributed by atoms with van der Waals surface area (Å²) in [5.41, 5.74) is 0.376. The van der Waals surface area contributed by atoms with Crippen molar-refractivity contribution >= 4 is 34.9 Å². The molecule has 2 N–H and O–H groups in total. The van der Waals surface area contributed by atoms with E-state index >= 15 is 0 Å². The normalized spacial score (nSPS) is 13.9. The first-order valence-corrected chi connectivity index (χ1v) is 8.78. The molecule has 0 radical (unpaired) electrons. The fraction of sp³-hybridized carbons (Fsp3) is 0.238. The summed E-state index contributed by atoms with van der Waals surface area (Å²) in [6, 6.07) is 12.9. The number of ether oxygens (including phenoxy) is 1. The summed E-state index contributed by atoms with van der Waals surface area (Å²) in [5.74, 6) is -1.53. The molecule has 0 aliphatic heterocycles. The molecule has 1 saturated carbocycles. The number of Topliss-reactive ketones (excluding diaryl/α,β-unsaturated/α-hetero) is 1. The zero-order chi connectivity index (χ0) is 20.3. The number of carbonyl (C=O) groups excluding carboxylic acids is 4. The van der Waals surface area contributed by atoms with Gasteiger partial charge in [-0.25, -0.2) is 4.79 Å². The first-order valence-electron chi connectivity index (χ1n) is 8.78. The number of benzene rings is 2. The zero-order valence-corrected chi connectivity index (χ0v) is 15.6. The van der Waals surface area contributed by atoms with Gasteiger partial charge in [0, 0.05) is 11.3 Å². The van der Waals surface area contributed by atoms with E-state index in [2.05, 4.69) is 10.6 Å². The van der Waals surface area contributed by atoms with Crippen molar-refractivity contribution in [3.63, 3.8) is 0 Å². The molecule has 1 aliphatic rings. The molecule has 3 rings (SSSR count). The molecule has 0 saturated heterocycles. The van der Waals surface area contributed by atoms with Crippen molar-refractivity contribution in [1.29, 1.82) is 0 Å². The number of ketones is 1. The van der Waals surface area contributed by atoms with Crippen LogP contribution in [-0.2, 0) is 14.3 Å².